The van der Waals surface area contributed by atoms with Crippen molar-refractivity contribution in [3.8, 4) is 11.5 Å². The van der Waals surface area contributed by atoms with Crippen molar-refractivity contribution in [1.82, 2.24) is 0 Å². The van der Waals surface area contributed by atoms with Gasteiger partial charge in [0.15, 0.2) is 17.3 Å². The Labute approximate surface area is 112 Å². The van der Waals surface area contributed by atoms with Gasteiger partial charge < -0.3 is 14.6 Å². The highest BCUT2D eigenvalue weighted by Crippen LogP contribution is 2.54. The molecule has 98 valence electrons. The van der Waals surface area contributed by atoms with E-state index >= 15 is 0 Å². The molecule has 1 aliphatic rings. The maximum absolute atomic E-state index is 14.4. The number of hydrogen-bond donors (Lipinski definition) is 1. The Morgan fingerprint density at radius 2 is 2.06 bits per heavy atom. The van der Waals surface area contributed by atoms with Crippen LogP contribution in [-0.2, 0) is 10.2 Å². The lowest BCUT2D eigenvalue weighted by Crippen LogP contribution is -2.22. The van der Waals surface area contributed by atoms with Crippen LogP contribution in [0.2, 0.25) is 0 Å². The molecule has 0 atom stereocenters. The van der Waals surface area contributed by atoms with Crippen LogP contribution in [0, 0.1) is 5.82 Å². The number of carboxylic acids is 1. The SMILES string of the molecule is COc1cc(Br)c(C2(C(=O)O)CC2)c(F)c1OC. The highest BCUT2D eigenvalue weighted by Gasteiger charge is 2.55. The summed E-state index contributed by atoms with van der Waals surface area (Å²) in [6, 6.07) is 1.53. The van der Waals surface area contributed by atoms with E-state index in [0.29, 0.717) is 17.3 Å². The van der Waals surface area contributed by atoms with Gasteiger partial charge in [-0.2, -0.15) is 0 Å². The largest absolute Gasteiger partial charge is 0.493 e. The molecule has 0 aliphatic heterocycles. The minimum atomic E-state index is -1.14. The summed E-state index contributed by atoms with van der Waals surface area (Å²) in [4.78, 5) is 11.3. The Bertz CT molecular complexity index is 511. The summed E-state index contributed by atoms with van der Waals surface area (Å²) < 4.78 is 24.7. The molecule has 0 unspecified atom stereocenters. The average molecular weight is 319 g/mol. The van der Waals surface area contributed by atoms with Crippen LogP contribution in [0.5, 0.6) is 11.5 Å². The standard InChI is InChI=1S/C12H12BrFO4/c1-17-7-5-6(13)8(9(14)10(7)18-2)12(3-4-12)11(15)16/h5H,3-4H2,1-2H3,(H,15,16). The van der Waals surface area contributed by atoms with Crippen LogP contribution in [-0.4, -0.2) is 25.3 Å². The van der Waals surface area contributed by atoms with Crippen molar-refractivity contribution in [2.75, 3.05) is 14.2 Å². The van der Waals surface area contributed by atoms with E-state index in [-0.39, 0.29) is 17.1 Å². The fourth-order valence-corrected chi connectivity index (χ4v) is 2.82. The van der Waals surface area contributed by atoms with E-state index < -0.39 is 17.2 Å². The van der Waals surface area contributed by atoms with Gasteiger partial charge in [-0.3, -0.25) is 4.79 Å². The Hall–Kier alpha value is -1.30. The average Bonchev–Trinajstić information content (AvgIpc) is 3.09. The van der Waals surface area contributed by atoms with E-state index in [2.05, 4.69) is 15.9 Å². The van der Waals surface area contributed by atoms with Crippen molar-refractivity contribution in [3.05, 3.63) is 21.9 Å². The quantitative estimate of drug-likeness (QED) is 0.927. The zero-order chi connectivity index (χ0) is 13.5. The first-order valence-corrected chi connectivity index (χ1v) is 6.11. The molecule has 1 N–H and O–H groups in total. The van der Waals surface area contributed by atoms with Crippen molar-refractivity contribution in [1.29, 1.82) is 0 Å². The number of halogens is 2. The second-order valence-corrected chi connectivity index (χ2v) is 5.02. The third-order valence-electron chi connectivity index (χ3n) is 3.20. The second-order valence-electron chi connectivity index (χ2n) is 4.17. The molecular weight excluding hydrogens is 307 g/mol. The first-order valence-electron chi connectivity index (χ1n) is 5.31. The van der Waals surface area contributed by atoms with Crippen LogP contribution in [0.4, 0.5) is 4.39 Å². The van der Waals surface area contributed by atoms with E-state index in [0.717, 1.165) is 0 Å². The molecule has 0 heterocycles. The number of ether oxygens (including phenoxy) is 2. The highest BCUT2D eigenvalue weighted by atomic mass is 79.9. The summed E-state index contributed by atoms with van der Waals surface area (Å²) in [6.07, 6.45) is 0.848. The Morgan fingerprint density at radius 1 is 1.44 bits per heavy atom. The van der Waals surface area contributed by atoms with Gasteiger partial charge >= 0.3 is 5.97 Å². The van der Waals surface area contributed by atoms with Gasteiger partial charge in [-0.25, -0.2) is 4.39 Å². The first-order chi connectivity index (χ1) is 8.47. The topological polar surface area (TPSA) is 55.8 Å². The van der Waals surface area contributed by atoms with Crippen LogP contribution in [0.3, 0.4) is 0 Å². The van der Waals surface area contributed by atoms with E-state index in [4.69, 9.17) is 9.47 Å². The Morgan fingerprint density at radius 3 is 2.44 bits per heavy atom. The van der Waals surface area contributed by atoms with Crippen LogP contribution in [0.1, 0.15) is 18.4 Å². The smallest absolute Gasteiger partial charge is 0.314 e. The minimum Gasteiger partial charge on any atom is -0.493 e. The molecule has 1 fully saturated rings. The molecule has 1 saturated carbocycles. The molecule has 1 aromatic rings. The summed E-state index contributed by atoms with van der Waals surface area (Å²) in [7, 11) is 2.71. The van der Waals surface area contributed by atoms with E-state index in [1.165, 1.54) is 20.3 Å². The lowest BCUT2D eigenvalue weighted by molar-refractivity contribution is -0.140. The van der Waals surface area contributed by atoms with E-state index in [9.17, 15) is 14.3 Å². The van der Waals surface area contributed by atoms with Gasteiger partial charge in [0.25, 0.3) is 0 Å². The zero-order valence-electron chi connectivity index (χ0n) is 9.92. The van der Waals surface area contributed by atoms with E-state index in [1.54, 1.807) is 0 Å². The summed E-state index contributed by atoms with van der Waals surface area (Å²) in [5.41, 5.74) is -1.00. The van der Waals surface area contributed by atoms with Gasteiger partial charge in [0.2, 0.25) is 0 Å². The summed E-state index contributed by atoms with van der Waals surface area (Å²) >= 11 is 3.21. The van der Waals surface area contributed by atoms with Crippen LogP contribution in [0.15, 0.2) is 10.5 Å². The summed E-state index contributed by atoms with van der Waals surface area (Å²) in [6.45, 7) is 0. The molecule has 0 radical (unpaired) electrons. The van der Waals surface area contributed by atoms with Gasteiger partial charge in [0, 0.05) is 10.0 Å². The van der Waals surface area contributed by atoms with Crippen LogP contribution >= 0.6 is 15.9 Å². The van der Waals surface area contributed by atoms with Crippen molar-refractivity contribution < 1.29 is 23.8 Å². The van der Waals surface area contributed by atoms with Gasteiger partial charge in [0.05, 0.1) is 19.6 Å². The van der Waals surface area contributed by atoms with Crippen molar-refractivity contribution >= 4 is 21.9 Å². The predicted molar refractivity (Wildman–Crippen MR) is 65.8 cm³/mol. The molecule has 0 aromatic heterocycles. The molecule has 18 heavy (non-hydrogen) atoms. The van der Waals surface area contributed by atoms with E-state index in [1.807, 2.05) is 0 Å². The molecule has 1 aliphatic carbocycles. The third-order valence-corrected chi connectivity index (χ3v) is 3.83. The summed E-state index contributed by atoms with van der Waals surface area (Å²) in [5.74, 6) is -1.53. The fourth-order valence-electron chi connectivity index (χ4n) is 2.06. The number of benzene rings is 1. The van der Waals surface area contributed by atoms with Crippen molar-refractivity contribution in [2.45, 2.75) is 18.3 Å². The maximum atomic E-state index is 14.4. The molecule has 1 aromatic carbocycles. The normalized spacial score (nSPS) is 16.2. The Kier molecular flexibility index (Phi) is 3.23. The van der Waals surface area contributed by atoms with Crippen molar-refractivity contribution in [2.24, 2.45) is 0 Å². The fraction of sp³-hybridized carbons (Fsp3) is 0.417. The molecule has 0 spiro atoms. The Balaban J connectivity index is 2.66. The lowest BCUT2D eigenvalue weighted by atomic mass is 9.95. The maximum Gasteiger partial charge on any atom is 0.314 e. The third kappa shape index (κ3) is 1.75. The number of rotatable bonds is 4. The second kappa shape index (κ2) is 4.42. The molecule has 2 rings (SSSR count). The first kappa shape index (κ1) is 13.1. The van der Waals surface area contributed by atoms with Crippen molar-refractivity contribution in [3.63, 3.8) is 0 Å². The number of hydrogen-bond acceptors (Lipinski definition) is 3. The number of aliphatic carboxylic acids is 1. The predicted octanol–water partition coefficient (Wildman–Crippen LogP) is 2.72. The minimum absolute atomic E-state index is 0.0665. The molecular formula is C12H12BrFO4. The van der Waals surface area contributed by atoms with Gasteiger partial charge in [0.1, 0.15) is 0 Å². The molecule has 4 nitrogen and oxygen atoms in total. The molecule has 6 heteroatoms. The molecule has 0 saturated heterocycles. The molecule has 0 amide bonds. The number of methoxy groups -OCH3 is 2. The monoisotopic (exact) mass is 318 g/mol. The van der Waals surface area contributed by atoms with Gasteiger partial charge in [-0.05, 0) is 18.9 Å². The zero-order valence-corrected chi connectivity index (χ0v) is 11.5. The summed E-state index contributed by atoms with van der Waals surface area (Å²) in [5, 5.41) is 9.24. The van der Waals surface area contributed by atoms with Gasteiger partial charge in [-0.1, -0.05) is 15.9 Å². The molecule has 0 bridgehead atoms. The highest BCUT2D eigenvalue weighted by molar-refractivity contribution is 9.10. The van der Waals surface area contributed by atoms with Crippen LogP contribution in [0.25, 0.3) is 0 Å². The number of carbonyl (C=O) groups is 1. The lowest BCUT2D eigenvalue weighted by Gasteiger charge is -2.17. The van der Waals surface area contributed by atoms with Crippen LogP contribution < -0.4 is 9.47 Å². The van der Waals surface area contributed by atoms with Gasteiger partial charge in [-0.15, -0.1) is 0 Å². The number of carboxylic acid groups (broad SMARTS) is 1.